The third-order valence-corrected chi connectivity index (χ3v) is 5.33. The van der Waals surface area contributed by atoms with Gasteiger partial charge in [-0.3, -0.25) is 4.99 Å². The number of nitrogens with one attached hydrogen (secondary N) is 2. The third-order valence-electron chi connectivity index (χ3n) is 5.33. The Bertz CT molecular complexity index is 559. The van der Waals surface area contributed by atoms with Crippen molar-refractivity contribution in [1.29, 1.82) is 0 Å². The molecule has 26 heavy (non-hydrogen) atoms. The first-order valence-corrected chi connectivity index (χ1v) is 9.82. The fourth-order valence-corrected chi connectivity index (χ4v) is 4.10. The van der Waals surface area contributed by atoms with Crippen LogP contribution >= 0.6 is 24.0 Å². The summed E-state index contributed by atoms with van der Waals surface area (Å²) in [5, 5.41) is 11.0. The Morgan fingerprint density at radius 3 is 2.38 bits per heavy atom. The molecule has 0 spiro atoms. The van der Waals surface area contributed by atoms with Crippen LogP contribution in [-0.4, -0.2) is 30.8 Å². The molecule has 150 valence electrons. The van der Waals surface area contributed by atoms with Crippen LogP contribution in [0.3, 0.4) is 0 Å². The van der Waals surface area contributed by atoms with Crippen molar-refractivity contribution in [1.82, 2.24) is 15.8 Å². The number of guanidine groups is 1. The standard InChI is InChI=1S/C20H36N4O.HI/c1-7-21-19(23-13-20(9-8-10-20)11-14(2)3)22-12-15(4)18-16(5)24-25-17(18)6;/h14-15H,7-13H2,1-6H3,(H2,21,22,23);1H. The summed E-state index contributed by atoms with van der Waals surface area (Å²) in [6.45, 7) is 15.6. The lowest BCUT2D eigenvalue weighted by molar-refractivity contribution is 0.111. The number of halogens is 1. The van der Waals surface area contributed by atoms with Crippen LogP contribution in [0.15, 0.2) is 9.52 Å². The molecular weight excluding hydrogens is 439 g/mol. The van der Waals surface area contributed by atoms with Crippen molar-refractivity contribution < 1.29 is 4.52 Å². The van der Waals surface area contributed by atoms with E-state index in [4.69, 9.17) is 9.52 Å². The number of hydrogen-bond acceptors (Lipinski definition) is 3. The zero-order valence-electron chi connectivity index (χ0n) is 17.3. The molecule has 1 atom stereocenters. The van der Waals surface area contributed by atoms with Gasteiger partial charge in [0.15, 0.2) is 5.96 Å². The van der Waals surface area contributed by atoms with Crippen LogP contribution in [0.25, 0.3) is 0 Å². The SMILES string of the molecule is CCNC(=NCC1(CC(C)C)CCC1)NCC(C)c1c(C)noc1C.I. The maximum Gasteiger partial charge on any atom is 0.191 e. The van der Waals surface area contributed by atoms with Crippen molar-refractivity contribution in [2.24, 2.45) is 16.3 Å². The van der Waals surface area contributed by atoms with E-state index in [9.17, 15) is 0 Å². The van der Waals surface area contributed by atoms with Crippen molar-refractivity contribution in [3.8, 4) is 0 Å². The molecule has 0 bridgehead atoms. The molecule has 6 heteroatoms. The Labute approximate surface area is 176 Å². The lowest BCUT2D eigenvalue weighted by Crippen LogP contribution is -2.41. The van der Waals surface area contributed by atoms with Gasteiger partial charge < -0.3 is 15.2 Å². The summed E-state index contributed by atoms with van der Waals surface area (Å²) < 4.78 is 5.30. The van der Waals surface area contributed by atoms with Crippen molar-refractivity contribution in [2.45, 2.75) is 73.1 Å². The second kappa shape index (κ2) is 10.5. The molecule has 1 aromatic heterocycles. The quantitative estimate of drug-likeness (QED) is 0.322. The summed E-state index contributed by atoms with van der Waals surface area (Å²) in [6, 6.07) is 0. The molecule has 0 radical (unpaired) electrons. The van der Waals surface area contributed by atoms with Gasteiger partial charge in [-0.1, -0.05) is 32.3 Å². The van der Waals surface area contributed by atoms with Gasteiger partial charge in [-0.15, -0.1) is 24.0 Å². The minimum atomic E-state index is 0. The minimum absolute atomic E-state index is 0. The van der Waals surface area contributed by atoms with E-state index in [0.29, 0.717) is 11.3 Å². The Kier molecular flexibility index (Phi) is 9.41. The van der Waals surface area contributed by atoms with E-state index in [-0.39, 0.29) is 24.0 Å². The van der Waals surface area contributed by atoms with Gasteiger partial charge in [-0.2, -0.15) is 0 Å². The summed E-state index contributed by atoms with van der Waals surface area (Å²) in [6.07, 6.45) is 5.29. The van der Waals surface area contributed by atoms with Gasteiger partial charge >= 0.3 is 0 Å². The molecule has 1 aliphatic rings. The second-order valence-electron chi connectivity index (χ2n) is 8.17. The molecule has 1 heterocycles. The number of nitrogens with zero attached hydrogens (tertiary/aromatic N) is 2. The minimum Gasteiger partial charge on any atom is -0.361 e. The van der Waals surface area contributed by atoms with Crippen LogP contribution in [-0.2, 0) is 0 Å². The first-order valence-electron chi connectivity index (χ1n) is 9.82. The fraction of sp³-hybridized carbons (Fsp3) is 0.800. The molecule has 2 N–H and O–H groups in total. The van der Waals surface area contributed by atoms with E-state index in [2.05, 4.69) is 43.5 Å². The maximum absolute atomic E-state index is 5.30. The van der Waals surface area contributed by atoms with Gasteiger partial charge in [-0.05, 0) is 51.4 Å². The molecule has 0 aliphatic heterocycles. The lowest BCUT2D eigenvalue weighted by Gasteiger charge is -2.42. The zero-order chi connectivity index (χ0) is 18.4. The van der Waals surface area contributed by atoms with Gasteiger partial charge in [0.1, 0.15) is 5.76 Å². The topological polar surface area (TPSA) is 62.5 Å². The average Bonchev–Trinajstić information content (AvgIpc) is 2.85. The Balaban J connectivity index is 0.00000338. The summed E-state index contributed by atoms with van der Waals surface area (Å²) in [5.41, 5.74) is 2.63. The summed E-state index contributed by atoms with van der Waals surface area (Å²) in [5.74, 6) is 2.92. The Morgan fingerprint density at radius 1 is 1.23 bits per heavy atom. The highest BCUT2D eigenvalue weighted by Gasteiger charge is 2.37. The molecule has 5 nitrogen and oxygen atoms in total. The molecule has 0 saturated heterocycles. The highest BCUT2D eigenvalue weighted by Crippen LogP contribution is 2.46. The third kappa shape index (κ3) is 6.13. The average molecular weight is 476 g/mol. The van der Waals surface area contributed by atoms with E-state index in [1.807, 2.05) is 13.8 Å². The molecule has 1 fully saturated rings. The number of aromatic nitrogens is 1. The van der Waals surface area contributed by atoms with Gasteiger partial charge in [0.05, 0.1) is 5.69 Å². The molecule has 0 amide bonds. The van der Waals surface area contributed by atoms with Crippen LogP contribution in [0, 0.1) is 25.2 Å². The largest absolute Gasteiger partial charge is 0.361 e. The van der Waals surface area contributed by atoms with Crippen molar-refractivity contribution in [3.63, 3.8) is 0 Å². The normalized spacial score (nSPS) is 17.4. The highest BCUT2D eigenvalue weighted by atomic mass is 127. The summed E-state index contributed by atoms with van der Waals surface area (Å²) in [4.78, 5) is 4.91. The molecule has 2 rings (SSSR count). The first-order chi connectivity index (χ1) is 11.9. The second-order valence-corrected chi connectivity index (χ2v) is 8.17. The zero-order valence-corrected chi connectivity index (χ0v) is 19.6. The van der Waals surface area contributed by atoms with Gasteiger partial charge in [0.2, 0.25) is 0 Å². The lowest BCUT2D eigenvalue weighted by atomic mass is 9.64. The summed E-state index contributed by atoms with van der Waals surface area (Å²) >= 11 is 0. The first kappa shape index (κ1) is 23.2. The molecular formula is C20H37IN4O. The predicted molar refractivity (Wildman–Crippen MR) is 120 cm³/mol. The van der Waals surface area contributed by atoms with Crippen LogP contribution in [0.4, 0.5) is 0 Å². The van der Waals surface area contributed by atoms with Crippen LogP contribution in [0.2, 0.25) is 0 Å². The highest BCUT2D eigenvalue weighted by molar-refractivity contribution is 14.0. The maximum atomic E-state index is 5.30. The monoisotopic (exact) mass is 476 g/mol. The van der Waals surface area contributed by atoms with E-state index in [1.54, 1.807) is 0 Å². The Hall–Kier alpha value is -0.790. The van der Waals surface area contributed by atoms with E-state index >= 15 is 0 Å². The van der Waals surface area contributed by atoms with Crippen molar-refractivity contribution in [3.05, 3.63) is 17.0 Å². The molecule has 1 saturated carbocycles. The van der Waals surface area contributed by atoms with Gasteiger partial charge in [0.25, 0.3) is 0 Å². The van der Waals surface area contributed by atoms with Crippen molar-refractivity contribution in [2.75, 3.05) is 19.6 Å². The van der Waals surface area contributed by atoms with E-state index in [1.165, 1.54) is 31.2 Å². The van der Waals surface area contributed by atoms with E-state index in [0.717, 1.165) is 43.0 Å². The van der Waals surface area contributed by atoms with Crippen LogP contribution in [0.1, 0.15) is 76.3 Å². The predicted octanol–water partition coefficient (Wildman–Crippen LogP) is 4.78. The van der Waals surface area contributed by atoms with Gasteiger partial charge in [0, 0.05) is 31.1 Å². The van der Waals surface area contributed by atoms with Crippen LogP contribution < -0.4 is 10.6 Å². The fourth-order valence-electron chi connectivity index (χ4n) is 4.10. The molecule has 1 aromatic rings. The number of aryl methyl sites for hydroxylation is 2. The molecule has 1 aliphatic carbocycles. The Morgan fingerprint density at radius 2 is 1.92 bits per heavy atom. The number of aliphatic imine (C=N–C) groups is 1. The number of hydrogen-bond donors (Lipinski definition) is 2. The molecule has 0 aromatic carbocycles. The molecule has 1 unspecified atom stereocenters. The van der Waals surface area contributed by atoms with E-state index < -0.39 is 0 Å². The smallest absolute Gasteiger partial charge is 0.191 e. The summed E-state index contributed by atoms with van der Waals surface area (Å²) in [7, 11) is 0. The van der Waals surface area contributed by atoms with Crippen molar-refractivity contribution >= 4 is 29.9 Å². The van der Waals surface area contributed by atoms with Crippen LogP contribution in [0.5, 0.6) is 0 Å². The van der Waals surface area contributed by atoms with Gasteiger partial charge in [-0.25, -0.2) is 0 Å². The number of rotatable bonds is 8.